The van der Waals surface area contributed by atoms with Crippen molar-refractivity contribution >= 4 is 11.6 Å². The number of hydrogen-bond donors (Lipinski definition) is 1. The van der Waals surface area contributed by atoms with Crippen molar-refractivity contribution in [2.24, 2.45) is 0 Å². The quantitative estimate of drug-likeness (QED) is 0.847. The lowest BCUT2D eigenvalue weighted by atomic mass is 10.2. The first-order valence-corrected chi connectivity index (χ1v) is 7.27. The molecule has 2 atom stereocenters. The van der Waals surface area contributed by atoms with Gasteiger partial charge in [0.05, 0.1) is 12.7 Å². The highest BCUT2D eigenvalue weighted by atomic mass is 35.5. The molecule has 0 radical (unpaired) electrons. The third-order valence-corrected chi connectivity index (χ3v) is 3.89. The van der Waals surface area contributed by atoms with Crippen molar-refractivity contribution in [2.75, 3.05) is 6.54 Å². The first-order chi connectivity index (χ1) is 8.81. The summed E-state index contributed by atoms with van der Waals surface area (Å²) in [7, 11) is 0. The maximum atomic E-state index is 6.13. The molecule has 0 amide bonds. The molecule has 1 saturated carbocycles. The number of ether oxygens (including phenoxy) is 1. The summed E-state index contributed by atoms with van der Waals surface area (Å²) in [6.07, 6.45) is 5.16. The second kappa shape index (κ2) is 7.13. The topological polar surface area (TPSA) is 21.3 Å². The summed E-state index contributed by atoms with van der Waals surface area (Å²) < 4.78 is 6.03. The van der Waals surface area contributed by atoms with Crippen LogP contribution in [0.15, 0.2) is 24.3 Å². The molecule has 0 heterocycles. The molecule has 0 bridgehead atoms. The van der Waals surface area contributed by atoms with Crippen LogP contribution in [0.4, 0.5) is 0 Å². The highest BCUT2D eigenvalue weighted by molar-refractivity contribution is 6.31. The lowest BCUT2D eigenvalue weighted by Crippen LogP contribution is -2.37. The molecule has 0 saturated heterocycles. The van der Waals surface area contributed by atoms with E-state index in [1.54, 1.807) is 0 Å². The fourth-order valence-corrected chi connectivity index (χ4v) is 2.69. The maximum Gasteiger partial charge on any atom is 0.0735 e. The Morgan fingerprint density at radius 3 is 2.94 bits per heavy atom. The third kappa shape index (κ3) is 3.71. The van der Waals surface area contributed by atoms with E-state index < -0.39 is 0 Å². The Morgan fingerprint density at radius 1 is 1.33 bits per heavy atom. The van der Waals surface area contributed by atoms with E-state index in [-0.39, 0.29) is 0 Å². The third-order valence-electron chi connectivity index (χ3n) is 3.52. The summed E-state index contributed by atoms with van der Waals surface area (Å²) in [5.41, 5.74) is 1.08. The van der Waals surface area contributed by atoms with Gasteiger partial charge in [0.25, 0.3) is 0 Å². The minimum Gasteiger partial charge on any atom is -0.372 e. The summed E-state index contributed by atoms with van der Waals surface area (Å²) in [5, 5.41) is 4.37. The van der Waals surface area contributed by atoms with Gasteiger partial charge in [-0.2, -0.15) is 0 Å². The fourth-order valence-electron chi connectivity index (χ4n) is 2.50. The van der Waals surface area contributed by atoms with E-state index in [4.69, 9.17) is 16.3 Å². The van der Waals surface area contributed by atoms with Crippen molar-refractivity contribution in [1.82, 2.24) is 5.32 Å². The van der Waals surface area contributed by atoms with Crippen LogP contribution >= 0.6 is 11.6 Å². The molecular formula is C15H22ClNO. The molecule has 1 aromatic carbocycles. The average Bonchev–Trinajstić information content (AvgIpc) is 2.83. The van der Waals surface area contributed by atoms with Gasteiger partial charge in [0.2, 0.25) is 0 Å². The van der Waals surface area contributed by atoms with Crippen LogP contribution in [0.3, 0.4) is 0 Å². The first-order valence-electron chi connectivity index (χ1n) is 6.89. The molecule has 2 nitrogen and oxygen atoms in total. The van der Waals surface area contributed by atoms with Gasteiger partial charge >= 0.3 is 0 Å². The van der Waals surface area contributed by atoms with Crippen molar-refractivity contribution in [3.05, 3.63) is 34.9 Å². The van der Waals surface area contributed by atoms with E-state index >= 15 is 0 Å². The molecule has 2 rings (SSSR count). The Labute approximate surface area is 115 Å². The SMILES string of the molecule is CCCNC1CCCC1OCc1ccccc1Cl. The Balaban J connectivity index is 1.84. The predicted molar refractivity (Wildman–Crippen MR) is 76.0 cm³/mol. The van der Waals surface area contributed by atoms with E-state index in [1.807, 2.05) is 24.3 Å². The highest BCUT2D eigenvalue weighted by Gasteiger charge is 2.27. The Kier molecular flexibility index (Phi) is 5.48. The normalized spacial score (nSPS) is 23.4. The van der Waals surface area contributed by atoms with Crippen molar-refractivity contribution in [3.8, 4) is 0 Å². The molecule has 1 N–H and O–H groups in total. The molecule has 0 aliphatic heterocycles. The van der Waals surface area contributed by atoms with Crippen LogP contribution in [0, 0.1) is 0 Å². The van der Waals surface area contributed by atoms with Crippen molar-refractivity contribution in [2.45, 2.75) is 51.4 Å². The highest BCUT2D eigenvalue weighted by Crippen LogP contribution is 2.24. The van der Waals surface area contributed by atoms with E-state index in [0.29, 0.717) is 18.8 Å². The van der Waals surface area contributed by atoms with E-state index in [0.717, 1.165) is 23.6 Å². The van der Waals surface area contributed by atoms with Crippen molar-refractivity contribution < 1.29 is 4.74 Å². The van der Waals surface area contributed by atoms with Crippen LogP contribution in [0.1, 0.15) is 38.2 Å². The van der Waals surface area contributed by atoms with Gasteiger partial charge in [-0.15, -0.1) is 0 Å². The van der Waals surface area contributed by atoms with E-state index in [9.17, 15) is 0 Å². The molecule has 2 unspecified atom stereocenters. The van der Waals surface area contributed by atoms with Crippen LogP contribution in [0.25, 0.3) is 0 Å². The second-order valence-corrected chi connectivity index (χ2v) is 5.34. The van der Waals surface area contributed by atoms with Crippen molar-refractivity contribution in [3.63, 3.8) is 0 Å². The van der Waals surface area contributed by atoms with E-state index in [1.165, 1.54) is 19.3 Å². The lowest BCUT2D eigenvalue weighted by molar-refractivity contribution is 0.0280. The molecule has 1 aromatic rings. The summed E-state index contributed by atoms with van der Waals surface area (Å²) >= 11 is 6.13. The van der Waals surface area contributed by atoms with Gasteiger partial charge in [0.1, 0.15) is 0 Å². The zero-order valence-electron chi connectivity index (χ0n) is 11.0. The Morgan fingerprint density at radius 2 is 2.17 bits per heavy atom. The van der Waals surface area contributed by atoms with Crippen LogP contribution in [0.2, 0.25) is 5.02 Å². The zero-order valence-corrected chi connectivity index (χ0v) is 11.7. The van der Waals surface area contributed by atoms with Crippen molar-refractivity contribution in [1.29, 1.82) is 0 Å². The number of hydrogen-bond acceptors (Lipinski definition) is 2. The van der Waals surface area contributed by atoms with Gasteiger partial charge in [-0.1, -0.05) is 36.7 Å². The summed E-state index contributed by atoms with van der Waals surface area (Å²) in [4.78, 5) is 0. The monoisotopic (exact) mass is 267 g/mol. The number of nitrogens with one attached hydrogen (secondary N) is 1. The Hall–Kier alpha value is -0.570. The molecule has 100 valence electrons. The van der Waals surface area contributed by atoms with Crippen LogP contribution < -0.4 is 5.32 Å². The van der Waals surface area contributed by atoms with Gasteiger partial charge < -0.3 is 10.1 Å². The average molecular weight is 268 g/mol. The molecule has 1 fully saturated rings. The van der Waals surface area contributed by atoms with E-state index in [2.05, 4.69) is 12.2 Å². The second-order valence-electron chi connectivity index (χ2n) is 4.93. The predicted octanol–water partition coefficient (Wildman–Crippen LogP) is 3.78. The standard InChI is InChI=1S/C15H22ClNO/c1-2-10-17-14-8-5-9-15(14)18-11-12-6-3-4-7-13(12)16/h3-4,6-7,14-15,17H,2,5,8-11H2,1H3. The summed E-state index contributed by atoms with van der Waals surface area (Å²) in [6, 6.07) is 8.43. The van der Waals surface area contributed by atoms with Gasteiger partial charge in [0, 0.05) is 11.1 Å². The molecule has 3 heteroatoms. The van der Waals surface area contributed by atoms with Crippen LogP contribution in [0.5, 0.6) is 0 Å². The smallest absolute Gasteiger partial charge is 0.0735 e. The van der Waals surface area contributed by atoms with Gasteiger partial charge in [-0.3, -0.25) is 0 Å². The maximum absolute atomic E-state index is 6.13. The largest absolute Gasteiger partial charge is 0.372 e. The molecule has 1 aliphatic rings. The Bertz CT molecular complexity index is 369. The lowest BCUT2D eigenvalue weighted by Gasteiger charge is -2.21. The minimum atomic E-state index is 0.341. The number of halogens is 1. The number of rotatable bonds is 6. The molecule has 0 aromatic heterocycles. The van der Waals surface area contributed by atoms with Gasteiger partial charge in [-0.05, 0) is 43.9 Å². The molecule has 1 aliphatic carbocycles. The number of benzene rings is 1. The molecule has 18 heavy (non-hydrogen) atoms. The molecule has 0 spiro atoms. The summed E-state index contributed by atoms with van der Waals surface area (Å²) in [6.45, 7) is 3.90. The molecular weight excluding hydrogens is 246 g/mol. The first kappa shape index (κ1) is 13.9. The van der Waals surface area contributed by atoms with Gasteiger partial charge in [0.15, 0.2) is 0 Å². The zero-order chi connectivity index (χ0) is 12.8. The van der Waals surface area contributed by atoms with Gasteiger partial charge in [-0.25, -0.2) is 0 Å². The fraction of sp³-hybridized carbons (Fsp3) is 0.600. The summed E-state index contributed by atoms with van der Waals surface area (Å²) in [5.74, 6) is 0. The minimum absolute atomic E-state index is 0.341. The van der Waals surface area contributed by atoms with Crippen LogP contribution in [-0.4, -0.2) is 18.7 Å². The van der Waals surface area contributed by atoms with Crippen LogP contribution in [-0.2, 0) is 11.3 Å².